The average Bonchev–Trinajstić information content (AvgIpc) is 3.74. The lowest BCUT2D eigenvalue weighted by Gasteiger charge is -2.12. The molecule has 0 bridgehead atoms. The van der Waals surface area contributed by atoms with Crippen molar-refractivity contribution in [3.63, 3.8) is 0 Å². The Labute approximate surface area is 353 Å². The Hall–Kier alpha value is -8.08. The molecule has 11 aromatic rings. The highest BCUT2D eigenvalue weighted by Crippen LogP contribution is 2.37. The van der Waals surface area contributed by atoms with E-state index in [1.807, 2.05) is 0 Å². The summed E-state index contributed by atoms with van der Waals surface area (Å²) in [5.41, 5.74) is 14.3. The molecule has 1 aliphatic rings. The summed E-state index contributed by atoms with van der Waals surface area (Å²) >= 11 is 0. The van der Waals surface area contributed by atoms with Crippen molar-refractivity contribution in [2.24, 2.45) is 9.98 Å². The van der Waals surface area contributed by atoms with Crippen LogP contribution in [0.2, 0.25) is 0 Å². The van der Waals surface area contributed by atoms with Crippen LogP contribution in [-0.4, -0.2) is 20.7 Å². The number of nitrogens with zero attached hydrogens (tertiary/aromatic N) is 4. The number of allylic oxidation sites excluding steroid dienone is 1. The number of aromatic nitrogens is 2. The second-order valence-electron chi connectivity index (χ2n) is 15.8. The predicted octanol–water partition coefficient (Wildman–Crippen LogP) is 14.4. The lowest BCUT2D eigenvalue weighted by atomic mass is 10.00. The van der Waals surface area contributed by atoms with E-state index in [1.165, 1.54) is 54.5 Å². The number of hydrogen-bond acceptors (Lipinski definition) is 2. The van der Waals surface area contributed by atoms with Gasteiger partial charge in [0.05, 0.1) is 33.5 Å². The van der Waals surface area contributed by atoms with Crippen LogP contribution in [0, 0.1) is 0 Å². The molecule has 4 heteroatoms. The van der Waals surface area contributed by atoms with Gasteiger partial charge < -0.3 is 9.13 Å². The Morgan fingerprint density at radius 2 is 0.869 bits per heavy atom. The topological polar surface area (TPSA) is 34.6 Å². The van der Waals surface area contributed by atoms with Crippen molar-refractivity contribution in [1.29, 1.82) is 0 Å². The van der Waals surface area contributed by atoms with Crippen molar-refractivity contribution in [3.05, 3.63) is 235 Å². The third-order valence-electron chi connectivity index (χ3n) is 12.2. The highest BCUT2D eigenvalue weighted by Gasteiger charge is 2.19. The van der Waals surface area contributed by atoms with Gasteiger partial charge in [0.1, 0.15) is 0 Å². The number of rotatable bonds is 6. The van der Waals surface area contributed by atoms with Crippen molar-refractivity contribution < 1.29 is 0 Å². The van der Waals surface area contributed by atoms with Crippen LogP contribution in [0.3, 0.4) is 0 Å². The molecule has 0 atom stereocenters. The first-order valence-electron chi connectivity index (χ1n) is 20.9. The van der Waals surface area contributed by atoms with Gasteiger partial charge in [0.15, 0.2) is 5.84 Å². The van der Waals surface area contributed by atoms with Crippen LogP contribution in [0.5, 0.6) is 0 Å². The minimum absolute atomic E-state index is 0.653. The fraction of sp³-hybridized carbons (Fsp3) is 0.0175. The van der Waals surface area contributed by atoms with Gasteiger partial charge >= 0.3 is 0 Å². The molecule has 3 heterocycles. The van der Waals surface area contributed by atoms with E-state index < -0.39 is 0 Å². The van der Waals surface area contributed by atoms with Gasteiger partial charge in [0.25, 0.3) is 0 Å². The molecule has 0 radical (unpaired) electrons. The number of benzene rings is 9. The molecule has 286 valence electrons. The molecule has 0 amide bonds. The first-order chi connectivity index (χ1) is 30.2. The molecule has 0 N–H and O–H groups in total. The summed E-state index contributed by atoms with van der Waals surface area (Å²) in [6.07, 6.45) is 2.88. The Kier molecular flexibility index (Phi) is 8.20. The van der Waals surface area contributed by atoms with E-state index in [0.29, 0.717) is 12.3 Å². The van der Waals surface area contributed by atoms with Crippen LogP contribution in [0.15, 0.2) is 228 Å². The molecule has 4 nitrogen and oxygen atoms in total. The van der Waals surface area contributed by atoms with Crippen LogP contribution < -0.4 is 0 Å². The van der Waals surface area contributed by atoms with Crippen LogP contribution in [0.4, 0.5) is 0 Å². The van der Waals surface area contributed by atoms with Gasteiger partial charge in [-0.05, 0) is 82.1 Å². The van der Waals surface area contributed by atoms with Gasteiger partial charge in [0.2, 0.25) is 0 Å². The fourth-order valence-corrected chi connectivity index (χ4v) is 9.24. The lowest BCUT2D eigenvalue weighted by molar-refractivity contribution is 1.16. The predicted molar refractivity (Wildman–Crippen MR) is 257 cm³/mol. The second-order valence-corrected chi connectivity index (χ2v) is 15.8. The van der Waals surface area contributed by atoms with Gasteiger partial charge in [-0.25, -0.2) is 9.98 Å². The maximum Gasteiger partial charge on any atom is 0.160 e. The molecule has 0 aliphatic carbocycles. The standard InChI is InChI=1S/C57H38N4/c1-2-13-38(14-3-1)40-25-28-41(29-26-40)51-32-33-52(43-30-27-39-15-4-5-16-42(39)35-43)59-57(58-51)44-17-12-18-45(36-44)60-55-24-11-8-21-49(55)50-37-46(31-34-56(50)60)61-53-22-9-6-19-47(53)48-20-7-10-23-54(48)61/h1-31,33-37H,32H2. The Balaban J connectivity index is 0.998. The zero-order valence-corrected chi connectivity index (χ0v) is 33.3. The summed E-state index contributed by atoms with van der Waals surface area (Å²) in [4.78, 5) is 10.8. The number of para-hydroxylation sites is 3. The normalized spacial score (nSPS) is 13.1. The van der Waals surface area contributed by atoms with E-state index in [1.54, 1.807) is 0 Å². The SMILES string of the molecule is C1=C(c2ccc3ccccc3c2)N=C(c2cccc(-n3c4ccccc4c4cc(-n5c6ccccc6c6ccccc65)ccc43)c2)N=C(c2ccc(-c3ccccc3)cc2)C1. The van der Waals surface area contributed by atoms with Gasteiger partial charge in [0, 0.05) is 50.5 Å². The van der Waals surface area contributed by atoms with Crippen molar-refractivity contribution in [3.8, 4) is 22.5 Å². The molecule has 0 fully saturated rings. The number of aliphatic imine (C=N–C) groups is 2. The third kappa shape index (κ3) is 5.99. The van der Waals surface area contributed by atoms with E-state index in [2.05, 4.69) is 228 Å². The van der Waals surface area contributed by atoms with E-state index in [9.17, 15) is 0 Å². The van der Waals surface area contributed by atoms with Crippen LogP contribution >= 0.6 is 0 Å². The van der Waals surface area contributed by atoms with E-state index in [4.69, 9.17) is 9.98 Å². The summed E-state index contributed by atoms with van der Waals surface area (Å²) in [7, 11) is 0. The van der Waals surface area contributed by atoms with Crippen LogP contribution in [-0.2, 0) is 0 Å². The molecule has 1 aliphatic heterocycles. The highest BCUT2D eigenvalue weighted by molar-refractivity contribution is 6.16. The van der Waals surface area contributed by atoms with Crippen molar-refractivity contribution in [1.82, 2.24) is 9.13 Å². The lowest BCUT2D eigenvalue weighted by Crippen LogP contribution is -2.06. The Morgan fingerprint density at radius 1 is 0.328 bits per heavy atom. The maximum absolute atomic E-state index is 5.40. The van der Waals surface area contributed by atoms with Crippen LogP contribution in [0.1, 0.15) is 23.1 Å². The average molecular weight is 779 g/mol. The zero-order chi connectivity index (χ0) is 40.3. The van der Waals surface area contributed by atoms with E-state index >= 15 is 0 Å². The van der Waals surface area contributed by atoms with Crippen LogP contribution in [0.25, 0.3) is 82.6 Å². The van der Waals surface area contributed by atoms with E-state index in [0.717, 1.165) is 50.5 Å². The quantitative estimate of drug-likeness (QED) is 0.161. The monoisotopic (exact) mass is 778 g/mol. The molecule has 0 unspecified atom stereocenters. The molecule has 0 spiro atoms. The fourth-order valence-electron chi connectivity index (χ4n) is 9.24. The van der Waals surface area contributed by atoms with Gasteiger partial charge in [-0.1, -0.05) is 164 Å². The molecule has 61 heavy (non-hydrogen) atoms. The van der Waals surface area contributed by atoms with Gasteiger partial charge in [-0.2, -0.15) is 0 Å². The number of hydrogen-bond donors (Lipinski definition) is 0. The molecular weight excluding hydrogens is 741 g/mol. The molecule has 12 rings (SSSR count). The zero-order valence-electron chi connectivity index (χ0n) is 33.3. The summed E-state index contributed by atoms with van der Waals surface area (Å²) in [5, 5.41) is 7.32. The summed E-state index contributed by atoms with van der Waals surface area (Å²) in [6.45, 7) is 0. The summed E-state index contributed by atoms with van der Waals surface area (Å²) in [5.74, 6) is 0.690. The molecule has 0 saturated heterocycles. The minimum Gasteiger partial charge on any atom is -0.309 e. The third-order valence-corrected chi connectivity index (χ3v) is 12.2. The first-order valence-corrected chi connectivity index (χ1v) is 20.9. The maximum atomic E-state index is 5.40. The smallest absolute Gasteiger partial charge is 0.160 e. The summed E-state index contributed by atoms with van der Waals surface area (Å²) in [6, 6.07) is 76.1. The molecule has 9 aromatic carbocycles. The number of fused-ring (bicyclic) bond motifs is 7. The molecule has 2 aromatic heterocycles. The Bertz CT molecular complexity index is 3550. The highest BCUT2D eigenvalue weighted by atomic mass is 15.0. The summed E-state index contributed by atoms with van der Waals surface area (Å²) < 4.78 is 4.78. The van der Waals surface area contributed by atoms with Crippen molar-refractivity contribution in [2.45, 2.75) is 6.42 Å². The van der Waals surface area contributed by atoms with Crippen molar-refractivity contribution in [2.75, 3.05) is 0 Å². The Morgan fingerprint density at radius 3 is 1.59 bits per heavy atom. The molecule has 0 saturated carbocycles. The van der Waals surface area contributed by atoms with Crippen molar-refractivity contribution >= 4 is 71.6 Å². The number of amidine groups is 1. The first kappa shape index (κ1) is 34.9. The van der Waals surface area contributed by atoms with Gasteiger partial charge in [-0.15, -0.1) is 0 Å². The second kappa shape index (κ2) is 14.3. The minimum atomic E-state index is 0.653. The molecular formula is C57H38N4. The van der Waals surface area contributed by atoms with Gasteiger partial charge in [-0.3, -0.25) is 0 Å². The largest absolute Gasteiger partial charge is 0.309 e. The van der Waals surface area contributed by atoms with E-state index in [-0.39, 0.29) is 0 Å².